The van der Waals surface area contributed by atoms with Gasteiger partial charge in [0.2, 0.25) is 5.91 Å². The molecule has 0 heterocycles. The number of anilines is 1. The van der Waals surface area contributed by atoms with Crippen molar-refractivity contribution in [1.29, 1.82) is 0 Å². The number of hydrogen-bond acceptors (Lipinski definition) is 1. The highest BCUT2D eigenvalue weighted by atomic mass is 35.5. The van der Waals surface area contributed by atoms with Crippen LogP contribution in [0, 0.1) is 5.92 Å². The van der Waals surface area contributed by atoms with Crippen molar-refractivity contribution in [1.82, 2.24) is 0 Å². The minimum absolute atomic E-state index is 0.0145. The van der Waals surface area contributed by atoms with Gasteiger partial charge in [-0.05, 0) is 47.9 Å². The van der Waals surface area contributed by atoms with Gasteiger partial charge in [0.15, 0.2) is 0 Å². The molecule has 0 fully saturated rings. The number of carbonyl (C=O) groups excluding carboxylic acids is 1. The van der Waals surface area contributed by atoms with Crippen LogP contribution in [0.15, 0.2) is 48.5 Å². The number of alkyl halides is 3. The molecule has 1 unspecified atom stereocenters. The Labute approximate surface area is 143 Å². The molecule has 1 N–H and O–H groups in total. The lowest BCUT2D eigenvalue weighted by atomic mass is 9.87. The van der Waals surface area contributed by atoms with Crippen LogP contribution < -0.4 is 5.32 Å². The average molecular weight is 356 g/mol. The molecule has 6 heteroatoms. The number of halogens is 4. The Bertz CT molecular complexity index is 694. The van der Waals surface area contributed by atoms with E-state index in [9.17, 15) is 18.0 Å². The number of nitrogens with one attached hydrogen (secondary N) is 1. The predicted octanol–water partition coefficient (Wildman–Crippen LogP) is 5.74. The molecule has 24 heavy (non-hydrogen) atoms. The predicted molar refractivity (Wildman–Crippen MR) is 89.1 cm³/mol. The van der Waals surface area contributed by atoms with Crippen LogP contribution in [0.25, 0.3) is 0 Å². The second-order valence-electron chi connectivity index (χ2n) is 5.84. The van der Waals surface area contributed by atoms with E-state index < -0.39 is 17.7 Å². The standard InChI is InChI=1S/C18H17ClF3NO/c1-11(2)16(12-3-7-14(19)8-4-12)17(24)23-15-9-5-13(6-10-15)18(20,21)22/h3-11,16H,1-2H3,(H,23,24). The Morgan fingerprint density at radius 2 is 1.54 bits per heavy atom. The van der Waals surface area contributed by atoms with Crippen molar-refractivity contribution in [3.63, 3.8) is 0 Å². The summed E-state index contributed by atoms with van der Waals surface area (Å²) in [7, 11) is 0. The number of rotatable bonds is 4. The molecule has 0 saturated carbocycles. The molecule has 2 nitrogen and oxygen atoms in total. The summed E-state index contributed by atoms with van der Waals surface area (Å²) in [6, 6.07) is 11.4. The van der Waals surface area contributed by atoms with Crippen LogP contribution in [0.3, 0.4) is 0 Å². The van der Waals surface area contributed by atoms with E-state index in [0.717, 1.165) is 17.7 Å². The van der Waals surface area contributed by atoms with Crippen molar-refractivity contribution in [3.8, 4) is 0 Å². The summed E-state index contributed by atoms with van der Waals surface area (Å²) < 4.78 is 37.7. The van der Waals surface area contributed by atoms with Crippen LogP contribution in [-0.2, 0) is 11.0 Å². The second-order valence-corrected chi connectivity index (χ2v) is 6.27. The fourth-order valence-corrected chi connectivity index (χ4v) is 2.60. The molecule has 0 saturated heterocycles. The molecule has 2 aromatic rings. The molecule has 128 valence electrons. The molecule has 0 aliphatic heterocycles. The lowest BCUT2D eigenvalue weighted by Gasteiger charge is -2.21. The van der Waals surface area contributed by atoms with Crippen molar-refractivity contribution in [2.75, 3.05) is 5.32 Å². The van der Waals surface area contributed by atoms with Gasteiger partial charge in [-0.25, -0.2) is 0 Å². The molecular weight excluding hydrogens is 339 g/mol. The van der Waals surface area contributed by atoms with Gasteiger partial charge in [-0.1, -0.05) is 37.6 Å². The zero-order valence-electron chi connectivity index (χ0n) is 13.2. The van der Waals surface area contributed by atoms with Crippen molar-refractivity contribution in [2.45, 2.75) is 25.9 Å². The second kappa shape index (κ2) is 7.26. The van der Waals surface area contributed by atoms with Crippen molar-refractivity contribution in [3.05, 3.63) is 64.7 Å². The summed E-state index contributed by atoms with van der Waals surface area (Å²) in [4.78, 5) is 12.6. The van der Waals surface area contributed by atoms with Crippen LogP contribution >= 0.6 is 11.6 Å². The lowest BCUT2D eigenvalue weighted by Crippen LogP contribution is -2.25. The summed E-state index contributed by atoms with van der Waals surface area (Å²) in [5, 5.41) is 3.25. The molecule has 0 bridgehead atoms. The number of amides is 1. The molecule has 0 spiro atoms. The maximum Gasteiger partial charge on any atom is 0.416 e. The molecule has 1 amide bonds. The average Bonchev–Trinajstić information content (AvgIpc) is 2.49. The van der Waals surface area contributed by atoms with Gasteiger partial charge >= 0.3 is 6.18 Å². The van der Waals surface area contributed by atoms with E-state index in [-0.39, 0.29) is 11.8 Å². The van der Waals surface area contributed by atoms with E-state index in [4.69, 9.17) is 11.6 Å². The molecule has 0 radical (unpaired) electrons. The molecule has 1 atom stereocenters. The monoisotopic (exact) mass is 355 g/mol. The minimum atomic E-state index is -4.40. The first-order valence-electron chi connectivity index (χ1n) is 7.42. The van der Waals surface area contributed by atoms with Crippen molar-refractivity contribution >= 4 is 23.2 Å². The van der Waals surface area contributed by atoms with Gasteiger partial charge in [-0.3, -0.25) is 4.79 Å². The minimum Gasteiger partial charge on any atom is -0.326 e. The van der Waals surface area contributed by atoms with Gasteiger partial charge in [0.05, 0.1) is 11.5 Å². The fourth-order valence-electron chi connectivity index (χ4n) is 2.47. The van der Waals surface area contributed by atoms with E-state index in [0.29, 0.717) is 10.7 Å². The van der Waals surface area contributed by atoms with E-state index in [1.165, 1.54) is 12.1 Å². The van der Waals surface area contributed by atoms with Gasteiger partial charge in [0, 0.05) is 10.7 Å². The molecule has 2 aromatic carbocycles. The molecular formula is C18H17ClF3NO. The Hall–Kier alpha value is -2.01. The molecule has 0 aliphatic rings. The van der Waals surface area contributed by atoms with Gasteiger partial charge < -0.3 is 5.32 Å². The Morgan fingerprint density at radius 3 is 2.00 bits per heavy atom. The van der Waals surface area contributed by atoms with Crippen molar-refractivity contribution < 1.29 is 18.0 Å². The lowest BCUT2D eigenvalue weighted by molar-refractivity contribution is -0.137. The molecule has 2 rings (SSSR count). The summed E-state index contributed by atoms with van der Waals surface area (Å²) in [6.07, 6.45) is -4.40. The number of benzene rings is 2. The van der Waals surface area contributed by atoms with E-state index in [1.54, 1.807) is 24.3 Å². The first-order valence-corrected chi connectivity index (χ1v) is 7.80. The maximum atomic E-state index is 12.6. The van der Waals surface area contributed by atoms with E-state index in [2.05, 4.69) is 5.32 Å². The maximum absolute atomic E-state index is 12.6. The summed E-state index contributed by atoms with van der Waals surface area (Å²) in [6.45, 7) is 3.82. The van der Waals surface area contributed by atoms with Gasteiger partial charge in [-0.15, -0.1) is 0 Å². The zero-order valence-corrected chi connectivity index (χ0v) is 13.9. The Kier molecular flexibility index (Phi) is 5.54. The fraction of sp³-hybridized carbons (Fsp3) is 0.278. The molecule has 0 aliphatic carbocycles. The number of carbonyl (C=O) groups is 1. The van der Waals surface area contributed by atoms with E-state index in [1.807, 2.05) is 13.8 Å². The van der Waals surface area contributed by atoms with Crippen LogP contribution in [-0.4, -0.2) is 5.91 Å². The first kappa shape index (κ1) is 18.3. The summed E-state index contributed by atoms with van der Waals surface area (Å²) in [5.41, 5.74) is 0.380. The Balaban J connectivity index is 2.18. The highest BCUT2D eigenvalue weighted by Gasteiger charge is 2.30. The summed E-state index contributed by atoms with van der Waals surface area (Å²) in [5.74, 6) is -0.683. The summed E-state index contributed by atoms with van der Waals surface area (Å²) >= 11 is 5.86. The van der Waals surface area contributed by atoms with Gasteiger partial charge in [0.25, 0.3) is 0 Å². The van der Waals surface area contributed by atoms with Crippen LogP contribution in [0.1, 0.15) is 30.9 Å². The van der Waals surface area contributed by atoms with Gasteiger partial charge in [-0.2, -0.15) is 13.2 Å². The third-order valence-electron chi connectivity index (χ3n) is 3.66. The van der Waals surface area contributed by atoms with Crippen LogP contribution in [0.2, 0.25) is 5.02 Å². The normalized spacial score (nSPS) is 13.0. The number of hydrogen-bond donors (Lipinski definition) is 1. The SMILES string of the molecule is CC(C)C(C(=O)Nc1ccc(C(F)(F)F)cc1)c1ccc(Cl)cc1. The van der Waals surface area contributed by atoms with Crippen LogP contribution in [0.4, 0.5) is 18.9 Å². The highest BCUT2D eigenvalue weighted by Crippen LogP contribution is 2.31. The molecule has 0 aromatic heterocycles. The van der Waals surface area contributed by atoms with E-state index >= 15 is 0 Å². The topological polar surface area (TPSA) is 29.1 Å². The Morgan fingerprint density at radius 1 is 1.00 bits per heavy atom. The van der Waals surface area contributed by atoms with Crippen molar-refractivity contribution in [2.24, 2.45) is 5.92 Å². The third-order valence-corrected chi connectivity index (χ3v) is 3.91. The van der Waals surface area contributed by atoms with Crippen LogP contribution in [0.5, 0.6) is 0 Å². The smallest absolute Gasteiger partial charge is 0.326 e. The van der Waals surface area contributed by atoms with Gasteiger partial charge in [0.1, 0.15) is 0 Å². The zero-order chi connectivity index (χ0) is 17.9. The third kappa shape index (κ3) is 4.51. The largest absolute Gasteiger partial charge is 0.416 e. The first-order chi connectivity index (χ1) is 11.2. The highest BCUT2D eigenvalue weighted by molar-refractivity contribution is 6.30. The quantitative estimate of drug-likeness (QED) is 0.744.